The summed E-state index contributed by atoms with van der Waals surface area (Å²) in [6.07, 6.45) is 0. The van der Waals surface area contributed by atoms with E-state index in [1.165, 1.54) is 5.56 Å². The third-order valence-corrected chi connectivity index (χ3v) is 3.14. The smallest absolute Gasteiger partial charge is 0.160 e. The van der Waals surface area contributed by atoms with Crippen LogP contribution in [0.5, 0.6) is 11.5 Å². The highest BCUT2D eigenvalue weighted by Crippen LogP contribution is 2.27. The van der Waals surface area contributed by atoms with Gasteiger partial charge >= 0.3 is 0 Å². The second kappa shape index (κ2) is 5.65. The van der Waals surface area contributed by atoms with E-state index in [0.29, 0.717) is 5.75 Å². The number of methoxy groups -OCH3 is 1. The largest absolute Gasteiger partial charge is 0.504 e. The van der Waals surface area contributed by atoms with Gasteiger partial charge in [0, 0.05) is 19.3 Å². The number of benzene rings is 2. The molecule has 2 aromatic rings. The third-order valence-electron chi connectivity index (χ3n) is 3.14. The number of phenols is 1. The molecule has 1 N–H and O–H groups in total. The van der Waals surface area contributed by atoms with Gasteiger partial charge < -0.3 is 14.7 Å². The van der Waals surface area contributed by atoms with Crippen LogP contribution in [0.2, 0.25) is 0 Å². The molecule has 3 nitrogen and oxygen atoms in total. The molecule has 0 bridgehead atoms. The number of aryl methyl sites for hydroxylation is 1. The van der Waals surface area contributed by atoms with Gasteiger partial charge in [-0.1, -0.05) is 23.8 Å². The van der Waals surface area contributed by atoms with Crippen molar-refractivity contribution in [2.45, 2.75) is 13.5 Å². The molecule has 2 aromatic carbocycles. The average Bonchev–Trinajstić information content (AvgIpc) is 2.41. The first-order chi connectivity index (χ1) is 9.10. The molecule has 0 atom stereocenters. The van der Waals surface area contributed by atoms with Crippen molar-refractivity contribution >= 4 is 5.69 Å². The minimum Gasteiger partial charge on any atom is -0.504 e. The van der Waals surface area contributed by atoms with Gasteiger partial charge in [-0.3, -0.25) is 0 Å². The molecule has 0 heterocycles. The van der Waals surface area contributed by atoms with E-state index in [1.807, 2.05) is 19.2 Å². The van der Waals surface area contributed by atoms with Crippen LogP contribution in [0.4, 0.5) is 5.69 Å². The SMILES string of the molecule is COc1cc(CN(C)c2ccc(C)cc2)ccc1O. The molecule has 19 heavy (non-hydrogen) atoms. The van der Waals surface area contributed by atoms with Gasteiger partial charge in [0.05, 0.1) is 7.11 Å². The summed E-state index contributed by atoms with van der Waals surface area (Å²) >= 11 is 0. The minimum absolute atomic E-state index is 0.171. The molecule has 2 rings (SSSR count). The van der Waals surface area contributed by atoms with Crippen molar-refractivity contribution in [3.05, 3.63) is 53.6 Å². The summed E-state index contributed by atoms with van der Waals surface area (Å²) in [5.74, 6) is 0.680. The molecule has 0 aliphatic carbocycles. The topological polar surface area (TPSA) is 32.7 Å². The van der Waals surface area contributed by atoms with Crippen LogP contribution in [0.25, 0.3) is 0 Å². The van der Waals surface area contributed by atoms with Gasteiger partial charge in [-0.15, -0.1) is 0 Å². The molecular formula is C16H19NO2. The third kappa shape index (κ3) is 3.19. The van der Waals surface area contributed by atoms with Crippen molar-refractivity contribution < 1.29 is 9.84 Å². The molecule has 0 unspecified atom stereocenters. The fourth-order valence-corrected chi connectivity index (χ4v) is 1.98. The molecule has 0 fully saturated rings. The summed E-state index contributed by atoms with van der Waals surface area (Å²) in [5, 5.41) is 9.58. The summed E-state index contributed by atoms with van der Waals surface area (Å²) in [7, 11) is 3.60. The molecule has 0 spiro atoms. The van der Waals surface area contributed by atoms with Crippen LogP contribution in [-0.2, 0) is 6.54 Å². The maximum absolute atomic E-state index is 9.58. The fraction of sp³-hybridized carbons (Fsp3) is 0.250. The molecule has 0 amide bonds. The van der Waals surface area contributed by atoms with Crippen LogP contribution < -0.4 is 9.64 Å². The summed E-state index contributed by atoms with van der Waals surface area (Å²) in [4.78, 5) is 2.16. The van der Waals surface area contributed by atoms with Gasteiger partial charge in [-0.25, -0.2) is 0 Å². The Morgan fingerprint density at radius 3 is 2.42 bits per heavy atom. The number of anilines is 1. The fourth-order valence-electron chi connectivity index (χ4n) is 1.98. The van der Waals surface area contributed by atoms with Crippen molar-refractivity contribution in [2.75, 3.05) is 19.1 Å². The Hall–Kier alpha value is -2.16. The van der Waals surface area contributed by atoms with E-state index in [-0.39, 0.29) is 5.75 Å². The zero-order valence-corrected chi connectivity index (χ0v) is 11.6. The predicted octanol–water partition coefficient (Wildman–Crippen LogP) is 3.35. The van der Waals surface area contributed by atoms with Crippen LogP contribution in [0.3, 0.4) is 0 Å². The number of ether oxygens (including phenoxy) is 1. The highest BCUT2D eigenvalue weighted by molar-refractivity contribution is 5.48. The van der Waals surface area contributed by atoms with Gasteiger partial charge in [-0.05, 0) is 36.8 Å². The summed E-state index contributed by atoms with van der Waals surface area (Å²) in [6, 6.07) is 13.8. The highest BCUT2D eigenvalue weighted by Gasteiger charge is 2.06. The first-order valence-electron chi connectivity index (χ1n) is 6.24. The van der Waals surface area contributed by atoms with E-state index in [4.69, 9.17) is 4.74 Å². The Morgan fingerprint density at radius 1 is 1.11 bits per heavy atom. The lowest BCUT2D eigenvalue weighted by Gasteiger charge is -2.20. The summed E-state index contributed by atoms with van der Waals surface area (Å²) in [5.41, 5.74) is 3.51. The Bertz CT molecular complexity index is 549. The molecule has 100 valence electrons. The number of phenolic OH excluding ortho intramolecular Hbond substituents is 1. The lowest BCUT2D eigenvalue weighted by atomic mass is 10.1. The monoisotopic (exact) mass is 257 g/mol. The Morgan fingerprint density at radius 2 is 1.79 bits per heavy atom. The summed E-state index contributed by atoms with van der Waals surface area (Å²) < 4.78 is 5.12. The second-order valence-electron chi connectivity index (χ2n) is 4.70. The average molecular weight is 257 g/mol. The van der Waals surface area contributed by atoms with Gasteiger partial charge in [0.2, 0.25) is 0 Å². The Labute approximate surface area is 114 Å². The lowest BCUT2D eigenvalue weighted by Crippen LogP contribution is -2.16. The van der Waals surface area contributed by atoms with Crippen molar-refractivity contribution in [1.82, 2.24) is 0 Å². The second-order valence-corrected chi connectivity index (χ2v) is 4.70. The molecule has 0 aromatic heterocycles. The van der Waals surface area contributed by atoms with E-state index in [0.717, 1.165) is 17.8 Å². The van der Waals surface area contributed by atoms with Crippen LogP contribution in [-0.4, -0.2) is 19.3 Å². The zero-order valence-electron chi connectivity index (χ0n) is 11.6. The first kappa shape index (κ1) is 13.3. The number of rotatable bonds is 4. The maximum Gasteiger partial charge on any atom is 0.160 e. The molecule has 0 aliphatic rings. The molecule has 0 saturated carbocycles. The normalized spacial score (nSPS) is 10.3. The van der Waals surface area contributed by atoms with Gasteiger partial charge in [0.1, 0.15) is 0 Å². The van der Waals surface area contributed by atoms with Crippen LogP contribution >= 0.6 is 0 Å². The number of hydrogen-bond donors (Lipinski definition) is 1. The van der Waals surface area contributed by atoms with Crippen molar-refractivity contribution in [3.8, 4) is 11.5 Å². The van der Waals surface area contributed by atoms with E-state index < -0.39 is 0 Å². The van der Waals surface area contributed by atoms with Crippen LogP contribution in [0.1, 0.15) is 11.1 Å². The number of hydrogen-bond acceptors (Lipinski definition) is 3. The minimum atomic E-state index is 0.171. The van der Waals surface area contributed by atoms with Crippen molar-refractivity contribution in [1.29, 1.82) is 0 Å². The van der Waals surface area contributed by atoms with Crippen molar-refractivity contribution in [3.63, 3.8) is 0 Å². The van der Waals surface area contributed by atoms with E-state index >= 15 is 0 Å². The van der Waals surface area contributed by atoms with Gasteiger partial charge in [0.25, 0.3) is 0 Å². The zero-order chi connectivity index (χ0) is 13.8. The van der Waals surface area contributed by atoms with E-state index in [1.54, 1.807) is 13.2 Å². The molecular weight excluding hydrogens is 238 g/mol. The van der Waals surface area contributed by atoms with Crippen molar-refractivity contribution in [2.24, 2.45) is 0 Å². The van der Waals surface area contributed by atoms with Crippen LogP contribution in [0, 0.1) is 6.92 Å². The van der Waals surface area contributed by atoms with Gasteiger partial charge in [-0.2, -0.15) is 0 Å². The quantitative estimate of drug-likeness (QED) is 0.911. The Kier molecular flexibility index (Phi) is 3.95. The van der Waals surface area contributed by atoms with Crippen LogP contribution in [0.15, 0.2) is 42.5 Å². The standard InChI is InChI=1S/C16H19NO2/c1-12-4-7-14(8-5-12)17(2)11-13-6-9-15(18)16(10-13)19-3/h4-10,18H,11H2,1-3H3. The Balaban J connectivity index is 2.14. The highest BCUT2D eigenvalue weighted by atomic mass is 16.5. The number of nitrogens with zero attached hydrogens (tertiary/aromatic N) is 1. The predicted molar refractivity (Wildman–Crippen MR) is 77.9 cm³/mol. The first-order valence-corrected chi connectivity index (χ1v) is 6.24. The van der Waals surface area contributed by atoms with E-state index in [2.05, 4.69) is 36.1 Å². The molecule has 0 aliphatic heterocycles. The van der Waals surface area contributed by atoms with Gasteiger partial charge in [0.15, 0.2) is 11.5 Å². The molecule has 0 radical (unpaired) electrons. The molecule has 3 heteroatoms. The van der Waals surface area contributed by atoms with E-state index in [9.17, 15) is 5.11 Å². The maximum atomic E-state index is 9.58. The molecule has 0 saturated heterocycles. The summed E-state index contributed by atoms with van der Waals surface area (Å²) in [6.45, 7) is 2.84. The lowest BCUT2D eigenvalue weighted by molar-refractivity contribution is 0.373. The number of aromatic hydroxyl groups is 1.